The molecule has 1 fully saturated rings. The quantitative estimate of drug-likeness (QED) is 0.613. The Bertz CT molecular complexity index is 835. The van der Waals surface area contributed by atoms with Crippen LogP contribution in [-0.4, -0.2) is 26.9 Å². The average Bonchev–Trinajstić information content (AvgIpc) is 2.88. The van der Waals surface area contributed by atoms with Gasteiger partial charge in [-0.15, -0.1) is 0 Å². The zero-order valence-electron chi connectivity index (χ0n) is 16.0. The second-order valence-corrected chi connectivity index (χ2v) is 9.14. The maximum Gasteiger partial charge on any atom is 0.241 e. The molecule has 0 bridgehead atoms. The van der Waals surface area contributed by atoms with Gasteiger partial charge in [0.2, 0.25) is 5.91 Å². The molecular formula is C22H25NO2S2. The Morgan fingerprint density at radius 1 is 1.19 bits per heavy atom. The van der Waals surface area contributed by atoms with Crippen LogP contribution >= 0.6 is 24.0 Å². The summed E-state index contributed by atoms with van der Waals surface area (Å²) >= 11 is 6.92. The van der Waals surface area contributed by atoms with E-state index < -0.39 is 0 Å². The number of rotatable bonds is 7. The van der Waals surface area contributed by atoms with E-state index in [0.717, 1.165) is 16.9 Å². The van der Waals surface area contributed by atoms with Crippen molar-refractivity contribution in [2.75, 3.05) is 6.54 Å². The lowest BCUT2D eigenvalue weighted by Gasteiger charge is -2.18. The highest BCUT2D eigenvalue weighted by atomic mass is 32.2. The molecule has 0 spiro atoms. The fourth-order valence-corrected chi connectivity index (χ4v) is 4.67. The molecule has 1 aliphatic rings. The first kappa shape index (κ1) is 19.9. The first-order chi connectivity index (χ1) is 12.9. The van der Waals surface area contributed by atoms with Crippen LogP contribution in [-0.2, 0) is 17.8 Å². The van der Waals surface area contributed by atoms with Gasteiger partial charge >= 0.3 is 0 Å². The molecule has 0 radical (unpaired) electrons. The van der Waals surface area contributed by atoms with E-state index in [1.807, 2.05) is 30.3 Å². The Hall–Kier alpha value is -1.85. The summed E-state index contributed by atoms with van der Waals surface area (Å²) in [5.74, 6) is 1.35. The topological polar surface area (TPSA) is 29.5 Å². The number of carbonyl (C=O) groups is 1. The smallest absolute Gasteiger partial charge is 0.241 e. The number of thioether (sulfide) groups is 1. The van der Waals surface area contributed by atoms with Gasteiger partial charge in [-0.05, 0) is 36.5 Å². The minimum atomic E-state index is -0.167. The Morgan fingerprint density at radius 2 is 1.96 bits per heavy atom. The number of nitrogens with zero attached hydrogens (tertiary/aromatic N) is 1. The van der Waals surface area contributed by atoms with Crippen LogP contribution in [0.3, 0.4) is 0 Å². The third-order valence-electron chi connectivity index (χ3n) is 4.41. The van der Waals surface area contributed by atoms with Gasteiger partial charge in [0.1, 0.15) is 16.7 Å². The maximum atomic E-state index is 12.8. The van der Waals surface area contributed by atoms with Crippen molar-refractivity contribution < 1.29 is 9.53 Å². The lowest BCUT2D eigenvalue weighted by atomic mass is 10.1. The average molecular weight is 400 g/mol. The largest absolute Gasteiger partial charge is 0.489 e. The SMILES string of the molecule is Cc1cccc(COc2ccccc2C[C@H]2SC(=S)N(CC(C)C)C2=O)c1. The van der Waals surface area contributed by atoms with Gasteiger partial charge in [0.25, 0.3) is 0 Å². The molecule has 5 heteroatoms. The first-order valence-electron chi connectivity index (χ1n) is 9.22. The Balaban J connectivity index is 1.69. The molecule has 1 atom stereocenters. The molecule has 0 saturated carbocycles. The molecule has 1 heterocycles. The van der Waals surface area contributed by atoms with Gasteiger partial charge in [-0.2, -0.15) is 0 Å². The fraction of sp³-hybridized carbons (Fsp3) is 0.364. The van der Waals surface area contributed by atoms with Crippen LogP contribution in [0.2, 0.25) is 0 Å². The minimum absolute atomic E-state index is 0.118. The predicted octanol–water partition coefficient (Wildman–Crippen LogP) is 5.00. The Morgan fingerprint density at radius 3 is 2.70 bits per heavy atom. The summed E-state index contributed by atoms with van der Waals surface area (Å²) < 4.78 is 6.77. The standard InChI is InChI=1S/C22H25NO2S2/c1-15(2)13-23-21(24)20(27-22(23)26)12-18-9-4-5-10-19(18)25-14-17-8-6-7-16(3)11-17/h4-11,15,20H,12-14H2,1-3H3/t20-/m1/s1. The molecule has 2 aromatic rings. The van der Waals surface area contributed by atoms with Gasteiger partial charge in [-0.25, -0.2) is 0 Å². The number of benzene rings is 2. The zero-order valence-corrected chi connectivity index (χ0v) is 17.6. The first-order valence-corrected chi connectivity index (χ1v) is 10.5. The highest BCUT2D eigenvalue weighted by Crippen LogP contribution is 2.33. The van der Waals surface area contributed by atoms with Gasteiger partial charge in [-0.3, -0.25) is 9.69 Å². The summed E-state index contributed by atoms with van der Waals surface area (Å²) in [6.45, 7) is 7.48. The van der Waals surface area contributed by atoms with Crippen LogP contribution in [0.5, 0.6) is 5.75 Å². The van der Waals surface area contributed by atoms with E-state index >= 15 is 0 Å². The summed E-state index contributed by atoms with van der Waals surface area (Å²) in [6.07, 6.45) is 0.627. The van der Waals surface area contributed by atoms with Crippen molar-refractivity contribution in [3.63, 3.8) is 0 Å². The van der Waals surface area contributed by atoms with Crippen molar-refractivity contribution in [3.05, 3.63) is 65.2 Å². The van der Waals surface area contributed by atoms with Crippen molar-refractivity contribution in [1.29, 1.82) is 0 Å². The van der Waals surface area contributed by atoms with Crippen molar-refractivity contribution in [2.45, 2.75) is 39.0 Å². The molecule has 1 aliphatic heterocycles. The van der Waals surface area contributed by atoms with Gasteiger partial charge in [0.05, 0.1) is 5.25 Å². The molecule has 2 aromatic carbocycles. The van der Waals surface area contributed by atoms with E-state index in [-0.39, 0.29) is 11.2 Å². The van der Waals surface area contributed by atoms with Crippen molar-refractivity contribution in [2.24, 2.45) is 5.92 Å². The number of amides is 1. The van der Waals surface area contributed by atoms with Gasteiger partial charge in [0.15, 0.2) is 0 Å². The van der Waals surface area contributed by atoms with Crippen molar-refractivity contribution >= 4 is 34.2 Å². The molecule has 0 aromatic heterocycles. The summed E-state index contributed by atoms with van der Waals surface area (Å²) in [7, 11) is 0. The van der Waals surface area contributed by atoms with E-state index in [2.05, 4.69) is 39.0 Å². The van der Waals surface area contributed by atoms with E-state index in [1.165, 1.54) is 17.3 Å². The number of para-hydroxylation sites is 1. The third-order valence-corrected chi connectivity index (χ3v) is 5.99. The Kier molecular flexibility index (Phi) is 6.55. The molecule has 3 rings (SSSR count). The molecule has 0 aliphatic carbocycles. The van der Waals surface area contributed by atoms with E-state index in [9.17, 15) is 4.79 Å². The molecule has 27 heavy (non-hydrogen) atoms. The molecule has 0 N–H and O–H groups in total. The highest BCUT2D eigenvalue weighted by molar-refractivity contribution is 8.24. The zero-order chi connectivity index (χ0) is 19.4. The van der Waals surface area contributed by atoms with Gasteiger partial charge < -0.3 is 4.74 Å². The van der Waals surface area contributed by atoms with E-state index in [4.69, 9.17) is 17.0 Å². The molecule has 0 unspecified atom stereocenters. The van der Waals surface area contributed by atoms with Gasteiger partial charge in [-0.1, -0.05) is 85.9 Å². The molecular weight excluding hydrogens is 374 g/mol. The maximum absolute atomic E-state index is 12.8. The molecule has 1 saturated heterocycles. The lowest BCUT2D eigenvalue weighted by molar-refractivity contribution is -0.126. The van der Waals surface area contributed by atoms with Gasteiger partial charge in [0, 0.05) is 6.54 Å². The summed E-state index contributed by atoms with van der Waals surface area (Å²) in [5.41, 5.74) is 3.40. The number of aryl methyl sites for hydroxylation is 1. The molecule has 142 valence electrons. The normalized spacial score (nSPS) is 17.0. The number of hydrogen-bond acceptors (Lipinski definition) is 4. The van der Waals surface area contributed by atoms with Crippen LogP contribution in [0.1, 0.15) is 30.5 Å². The molecule has 3 nitrogen and oxygen atoms in total. The van der Waals surface area contributed by atoms with Crippen LogP contribution in [0.25, 0.3) is 0 Å². The lowest BCUT2D eigenvalue weighted by Crippen LogP contribution is -2.34. The summed E-state index contributed by atoms with van der Waals surface area (Å²) in [6, 6.07) is 16.3. The Labute approximate surface area is 171 Å². The second kappa shape index (κ2) is 8.89. The number of ether oxygens (including phenoxy) is 1. The van der Waals surface area contributed by atoms with Crippen molar-refractivity contribution in [3.8, 4) is 5.75 Å². The second-order valence-electron chi connectivity index (χ2n) is 7.30. The fourth-order valence-electron chi connectivity index (χ4n) is 3.13. The minimum Gasteiger partial charge on any atom is -0.489 e. The third kappa shape index (κ3) is 5.11. The van der Waals surface area contributed by atoms with Crippen LogP contribution in [0.4, 0.5) is 0 Å². The monoisotopic (exact) mass is 399 g/mol. The van der Waals surface area contributed by atoms with E-state index in [1.54, 1.807) is 4.90 Å². The number of thiocarbonyl (C=S) groups is 1. The predicted molar refractivity (Wildman–Crippen MR) is 116 cm³/mol. The number of hydrogen-bond donors (Lipinski definition) is 0. The van der Waals surface area contributed by atoms with Crippen LogP contribution < -0.4 is 4.74 Å². The van der Waals surface area contributed by atoms with Crippen LogP contribution in [0.15, 0.2) is 48.5 Å². The molecule has 1 amide bonds. The highest BCUT2D eigenvalue weighted by Gasteiger charge is 2.37. The number of carbonyl (C=O) groups excluding carboxylic acids is 1. The summed E-state index contributed by atoms with van der Waals surface area (Å²) in [5, 5.41) is -0.167. The summed E-state index contributed by atoms with van der Waals surface area (Å²) in [4.78, 5) is 14.5. The van der Waals surface area contributed by atoms with Crippen molar-refractivity contribution in [1.82, 2.24) is 4.90 Å². The van der Waals surface area contributed by atoms with E-state index in [0.29, 0.717) is 29.8 Å². The van der Waals surface area contributed by atoms with Crippen LogP contribution in [0, 0.1) is 12.8 Å².